The van der Waals surface area contributed by atoms with Crippen LogP contribution in [0.2, 0.25) is 0 Å². The van der Waals surface area contributed by atoms with Crippen LogP contribution in [0, 0.1) is 0 Å². The topological polar surface area (TPSA) is 0 Å². The van der Waals surface area contributed by atoms with E-state index in [9.17, 15) is 0 Å². The van der Waals surface area contributed by atoms with Gasteiger partial charge in [0.15, 0.2) is 0 Å². The molecule has 41 heavy (non-hydrogen) atoms. The molecule has 0 aromatic rings. The fourth-order valence-electron chi connectivity index (χ4n) is 5.95. The van der Waals surface area contributed by atoms with E-state index in [0.717, 1.165) is 0 Å². The zero-order valence-electron chi connectivity index (χ0n) is 29.0. The minimum Gasteiger partial charge on any atom is -0.0845 e. The second-order valence-corrected chi connectivity index (χ2v) is 13.5. The summed E-state index contributed by atoms with van der Waals surface area (Å²) in [7, 11) is 0. The summed E-state index contributed by atoms with van der Waals surface area (Å²) in [5.41, 5.74) is 1.36. The van der Waals surface area contributed by atoms with Gasteiger partial charge in [0, 0.05) is 0 Å². The quantitative estimate of drug-likeness (QED) is 0.0533. The van der Waals surface area contributed by atoms with Gasteiger partial charge in [-0.2, -0.15) is 0 Å². The maximum absolute atomic E-state index is 2.32. The molecule has 0 radical (unpaired) electrons. The predicted octanol–water partition coefficient (Wildman–Crippen LogP) is 15.6. The predicted molar refractivity (Wildman–Crippen MR) is 191 cm³/mol. The minimum absolute atomic E-state index is 1.23. The molecule has 242 valence electrons. The lowest BCUT2D eigenvalue weighted by molar-refractivity contribution is 0.512. The van der Waals surface area contributed by atoms with Crippen LogP contribution < -0.4 is 0 Å². The summed E-state index contributed by atoms with van der Waals surface area (Å²) in [6.45, 7) is 6.58. The summed E-state index contributed by atoms with van der Waals surface area (Å²) >= 11 is 0. The normalized spacial score (nSPS) is 11.8. The molecular formula is C41H78. The molecule has 0 unspecified atom stereocenters. The smallest absolute Gasteiger partial charge is 0.0348 e. The van der Waals surface area contributed by atoms with Crippen molar-refractivity contribution >= 4 is 0 Å². The fourth-order valence-corrected chi connectivity index (χ4v) is 5.95. The van der Waals surface area contributed by atoms with E-state index in [1.165, 1.54) is 211 Å². The van der Waals surface area contributed by atoms with E-state index in [-0.39, 0.29) is 0 Å². The van der Waals surface area contributed by atoms with Crippen molar-refractivity contribution in [3.05, 3.63) is 36.0 Å². The van der Waals surface area contributed by atoms with E-state index in [1.807, 2.05) is 0 Å². The molecule has 0 aromatic carbocycles. The molecule has 0 amide bonds. The standard InChI is InChI=1S/C41H78/c1-4-5-6-7-8-9-10-11-12-13-14-15-16-17-18-19-20-21-22-23-24-25-26-27-28-29-30-31-32-33-34-35-36-37-38-39-40-41(2)3/h36-40H,4-35H2,1-3H3. The average Bonchev–Trinajstić information content (AvgIpc) is 2.97. The first-order valence-corrected chi connectivity index (χ1v) is 19.2. The van der Waals surface area contributed by atoms with Crippen LogP contribution in [0.25, 0.3) is 0 Å². The molecule has 0 saturated heterocycles. The largest absolute Gasteiger partial charge is 0.0845 e. The molecular weight excluding hydrogens is 492 g/mol. The third-order valence-electron chi connectivity index (χ3n) is 8.76. The van der Waals surface area contributed by atoms with Crippen LogP contribution in [-0.2, 0) is 0 Å². The Kier molecular flexibility index (Phi) is 36.5. The molecule has 0 spiro atoms. The van der Waals surface area contributed by atoms with Gasteiger partial charge in [-0.1, -0.05) is 236 Å². The van der Waals surface area contributed by atoms with E-state index in [2.05, 4.69) is 51.2 Å². The van der Waals surface area contributed by atoms with Crippen LogP contribution in [-0.4, -0.2) is 0 Å². The van der Waals surface area contributed by atoms with Gasteiger partial charge in [-0.15, -0.1) is 0 Å². The van der Waals surface area contributed by atoms with Gasteiger partial charge < -0.3 is 0 Å². The molecule has 0 bridgehead atoms. The molecule has 0 aliphatic heterocycles. The first-order valence-electron chi connectivity index (χ1n) is 19.2. The van der Waals surface area contributed by atoms with Crippen molar-refractivity contribution in [2.45, 2.75) is 226 Å². The molecule has 0 nitrogen and oxygen atoms in total. The van der Waals surface area contributed by atoms with E-state index in [4.69, 9.17) is 0 Å². The van der Waals surface area contributed by atoms with Crippen molar-refractivity contribution in [2.75, 3.05) is 0 Å². The Morgan fingerprint density at radius 2 is 0.585 bits per heavy atom. The Balaban J connectivity index is 3.09. The SMILES string of the molecule is CCCCCCCCCCCCCCCCCCCCCCCCCCCCCCCCCC=CC=CC=C(C)C. The molecule has 0 fully saturated rings. The Bertz CT molecular complexity index is 546. The summed E-state index contributed by atoms with van der Waals surface area (Å²) in [5, 5.41) is 0. The Morgan fingerprint density at radius 3 is 0.854 bits per heavy atom. The lowest BCUT2D eigenvalue weighted by Crippen LogP contribution is -1.85. The second kappa shape index (κ2) is 37.2. The summed E-state index contributed by atoms with van der Waals surface area (Å²) in [5.74, 6) is 0. The van der Waals surface area contributed by atoms with Gasteiger partial charge in [0.1, 0.15) is 0 Å². The van der Waals surface area contributed by atoms with Gasteiger partial charge in [0.25, 0.3) is 0 Å². The third kappa shape index (κ3) is 39.2. The van der Waals surface area contributed by atoms with Crippen LogP contribution in [0.1, 0.15) is 226 Å². The maximum atomic E-state index is 2.32. The van der Waals surface area contributed by atoms with Crippen LogP contribution in [0.3, 0.4) is 0 Å². The third-order valence-corrected chi connectivity index (χ3v) is 8.76. The molecule has 0 heterocycles. The van der Waals surface area contributed by atoms with Gasteiger partial charge in [0.05, 0.1) is 0 Å². The lowest BCUT2D eigenvalue weighted by Gasteiger charge is -2.04. The number of hydrogen-bond acceptors (Lipinski definition) is 0. The molecule has 0 rings (SSSR count). The van der Waals surface area contributed by atoms with Crippen molar-refractivity contribution in [1.29, 1.82) is 0 Å². The molecule has 0 N–H and O–H groups in total. The Morgan fingerprint density at radius 1 is 0.317 bits per heavy atom. The first kappa shape index (κ1) is 40.2. The number of unbranched alkanes of at least 4 members (excludes halogenated alkanes) is 31. The molecule has 0 aliphatic carbocycles. The zero-order valence-corrected chi connectivity index (χ0v) is 29.0. The number of rotatable bonds is 34. The minimum atomic E-state index is 1.23. The van der Waals surface area contributed by atoms with Gasteiger partial charge in [-0.3, -0.25) is 0 Å². The summed E-state index contributed by atoms with van der Waals surface area (Å²) in [4.78, 5) is 0. The molecule has 0 aromatic heterocycles. The fraction of sp³-hybridized carbons (Fsp3) is 0.854. The van der Waals surface area contributed by atoms with E-state index >= 15 is 0 Å². The first-order chi connectivity index (χ1) is 20.3. The van der Waals surface area contributed by atoms with Crippen LogP contribution in [0.15, 0.2) is 36.0 Å². The lowest BCUT2D eigenvalue weighted by atomic mass is 10.0. The van der Waals surface area contributed by atoms with Crippen molar-refractivity contribution < 1.29 is 0 Å². The number of hydrogen-bond donors (Lipinski definition) is 0. The molecule has 0 heteroatoms. The summed E-state index contributed by atoms with van der Waals surface area (Å²) < 4.78 is 0. The molecule has 0 atom stereocenters. The highest BCUT2D eigenvalue weighted by Gasteiger charge is 1.97. The van der Waals surface area contributed by atoms with Crippen LogP contribution in [0.5, 0.6) is 0 Å². The van der Waals surface area contributed by atoms with Crippen molar-refractivity contribution in [3.63, 3.8) is 0 Å². The van der Waals surface area contributed by atoms with Crippen molar-refractivity contribution in [2.24, 2.45) is 0 Å². The van der Waals surface area contributed by atoms with E-state index < -0.39 is 0 Å². The highest BCUT2D eigenvalue weighted by molar-refractivity contribution is 5.14. The summed E-state index contributed by atoms with van der Waals surface area (Å²) in [6.07, 6.45) is 57.7. The van der Waals surface area contributed by atoms with Crippen molar-refractivity contribution in [1.82, 2.24) is 0 Å². The Hall–Kier alpha value is -0.780. The highest BCUT2D eigenvalue weighted by Crippen LogP contribution is 2.16. The second-order valence-electron chi connectivity index (χ2n) is 13.5. The van der Waals surface area contributed by atoms with E-state index in [0.29, 0.717) is 0 Å². The Labute approximate surface area is 261 Å². The van der Waals surface area contributed by atoms with Gasteiger partial charge in [-0.05, 0) is 26.7 Å². The van der Waals surface area contributed by atoms with E-state index in [1.54, 1.807) is 0 Å². The molecule has 0 aliphatic rings. The average molecular weight is 571 g/mol. The monoisotopic (exact) mass is 571 g/mol. The van der Waals surface area contributed by atoms with Gasteiger partial charge in [-0.25, -0.2) is 0 Å². The van der Waals surface area contributed by atoms with Gasteiger partial charge in [0.2, 0.25) is 0 Å². The number of allylic oxidation sites excluding steroid dienone is 6. The van der Waals surface area contributed by atoms with Gasteiger partial charge >= 0.3 is 0 Å². The molecule has 0 saturated carbocycles. The van der Waals surface area contributed by atoms with Crippen molar-refractivity contribution in [3.8, 4) is 0 Å². The van der Waals surface area contributed by atoms with Crippen LogP contribution in [0.4, 0.5) is 0 Å². The maximum Gasteiger partial charge on any atom is -0.0348 e. The van der Waals surface area contributed by atoms with Crippen LogP contribution >= 0.6 is 0 Å². The zero-order chi connectivity index (χ0) is 29.7. The summed E-state index contributed by atoms with van der Waals surface area (Å²) in [6, 6.07) is 0. The highest BCUT2D eigenvalue weighted by atomic mass is 14.0.